The van der Waals surface area contributed by atoms with Crippen LogP contribution in [0.4, 0.5) is 0 Å². The Hall–Kier alpha value is -2.44. The summed E-state index contributed by atoms with van der Waals surface area (Å²) in [6.45, 7) is 6.29. The van der Waals surface area contributed by atoms with Crippen LogP contribution in [-0.4, -0.2) is 0 Å². The zero-order valence-electron chi connectivity index (χ0n) is 11.5. The molecule has 0 aromatic heterocycles. The molecule has 0 N–H and O–H groups in total. The van der Waals surface area contributed by atoms with Gasteiger partial charge in [0.05, 0.1) is 0 Å². The van der Waals surface area contributed by atoms with Gasteiger partial charge in [-0.1, -0.05) is 47.7 Å². The summed E-state index contributed by atoms with van der Waals surface area (Å²) in [6, 6.07) is 14.2. The van der Waals surface area contributed by atoms with E-state index < -0.39 is 0 Å². The van der Waals surface area contributed by atoms with Gasteiger partial charge in [0.1, 0.15) is 0 Å². The van der Waals surface area contributed by atoms with E-state index in [9.17, 15) is 0 Å². The molecule has 0 unspecified atom stereocenters. The number of benzene rings is 2. The van der Waals surface area contributed by atoms with Crippen LogP contribution in [0.1, 0.15) is 27.8 Å². The Bertz CT molecular complexity index is 675. The summed E-state index contributed by atoms with van der Waals surface area (Å²) in [6.07, 6.45) is 0. The summed E-state index contributed by atoms with van der Waals surface area (Å²) in [5.41, 5.74) is 5.79. The smallest absolute Gasteiger partial charge is 0.0314 e. The quantitative estimate of drug-likeness (QED) is 0.614. The van der Waals surface area contributed by atoms with Crippen LogP contribution in [0.5, 0.6) is 0 Å². The van der Waals surface area contributed by atoms with Crippen LogP contribution in [-0.2, 0) is 0 Å². The van der Waals surface area contributed by atoms with E-state index in [0.717, 1.165) is 11.1 Å². The van der Waals surface area contributed by atoms with Crippen molar-refractivity contribution >= 4 is 0 Å². The summed E-state index contributed by atoms with van der Waals surface area (Å²) in [5, 5.41) is 0. The Morgan fingerprint density at radius 2 is 1.32 bits per heavy atom. The van der Waals surface area contributed by atoms with Gasteiger partial charge in [-0.15, -0.1) is 0 Å². The monoisotopic (exact) mass is 244 g/mol. The minimum absolute atomic E-state index is 0.995. The topological polar surface area (TPSA) is 0 Å². The first-order chi connectivity index (χ1) is 9.16. The molecule has 0 aliphatic carbocycles. The average molecular weight is 244 g/mol. The first kappa shape index (κ1) is 13.0. The molecule has 0 aliphatic heterocycles. The third kappa shape index (κ3) is 3.51. The molecule has 0 nitrogen and oxygen atoms in total. The minimum atomic E-state index is 0.995. The Kier molecular flexibility index (Phi) is 4.07. The van der Waals surface area contributed by atoms with Gasteiger partial charge in [-0.3, -0.25) is 0 Å². The first-order valence-electron chi connectivity index (χ1n) is 6.32. The molecule has 0 fully saturated rings. The zero-order valence-corrected chi connectivity index (χ0v) is 11.5. The fraction of sp³-hybridized carbons (Fsp3) is 0.158. The van der Waals surface area contributed by atoms with Gasteiger partial charge in [0.25, 0.3) is 0 Å². The van der Waals surface area contributed by atoms with E-state index in [1.54, 1.807) is 0 Å². The van der Waals surface area contributed by atoms with Crippen molar-refractivity contribution in [3.63, 3.8) is 0 Å². The minimum Gasteiger partial charge on any atom is -0.0622 e. The van der Waals surface area contributed by atoms with Crippen molar-refractivity contribution in [1.82, 2.24) is 0 Å². The molecule has 0 radical (unpaired) electrons. The molecule has 19 heavy (non-hydrogen) atoms. The average Bonchev–Trinajstić information content (AvgIpc) is 2.38. The highest BCUT2D eigenvalue weighted by Gasteiger charge is 1.99. The molecule has 2 rings (SSSR count). The highest BCUT2D eigenvalue weighted by Crippen LogP contribution is 2.14. The predicted octanol–water partition coefficient (Wildman–Crippen LogP) is 4.02. The van der Waals surface area contributed by atoms with Gasteiger partial charge in [-0.05, 0) is 55.9 Å². The van der Waals surface area contributed by atoms with Crippen molar-refractivity contribution in [3.8, 4) is 23.7 Å². The number of aryl methyl sites for hydroxylation is 3. The van der Waals surface area contributed by atoms with Crippen molar-refractivity contribution < 1.29 is 0 Å². The van der Waals surface area contributed by atoms with Crippen LogP contribution >= 0.6 is 0 Å². The molecule has 0 spiro atoms. The fourth-order valence-corrected chi connectivity index (χ4v) is 2.10. The van der Waals surface area contributed by atoms with E-state index in [-0.39, 0.29) is 0 Å². The summed E-state index contributed by atoms with van der Waals surface area (Å²) >= 11 is 0. The van der Waals surface area contributed by atoms with Crippen LogP contribution in [0.2, 0.25) is 0 Å². The van der Waals surface area contributed by atoms with Gasteiger partial charge in [-0.25, -0.2) is 0 Å². The summed E-state index contributed by atoms with van der Waals surface area (Å²) < 4.78 is 0. The molecule has 0 heteroatoms. The number of hydrogen-bond donors (Lipinski definition) is 0. The Labute approximate surface area is 115 Å². The molecule has 0 heterocycles. The van der Waals surface area contributed by atoms with Crippen LogP contribution < -0.4 is 0 Å². The second kappa shape index (κ2) is 5.94. The van der Waals surface area contributed by atoms with E-state index in [2.05, 4.69) is 56.6 Å². The van der Waals surface area contributed by atoms with Crippen LogP contribution in [0.3, 0.4) is 0 Å². The van der Waals surface area contributed by atoms with Gasteiger partial charge in [0, 0.05) is 11.1 Å². The number of hydrogen-bond acceptors (Lipinski definition) is 0. The second-order valence-corrected chi connectivity index (χ2v) is 4.64. The summed E-state index contributed by atoms with van der Waals surface area (Å²) in [4.78, 5) is 0. The molecular formula is C19H16. The van der Waals surface area contributed by atoms with Gasteiger partial charge in [-0.2, -0.15) is 0 Å². The highest BCUT2D eigenvalue weighted by molar-refractivity contribution is 5.51. The van der Waals surface area contributed by atoms with Gasteiger partial charge >= 0.3 is 0 Å². The molecule has 92 valence electrons. The van der Waals surface area contributed by atoms with Gasteiger partial charge in [0.15, 0.2) is 0 Å². The standard InChI is InChI=1S/C19H16/c1-15-13-16(2)19(17(3)14-15)12-8-7-11-18-9-5-4-6-10-18/h4-6,9-10,13-14H,1-3H3. The van der Waals surface area contributed by atoms with Crippen molar-refractivity contribution in [2.45, 2.75) is 20.8 Å². The maximum Gasteiger partial charge on any atom is 0.0314 e. The Morgan fingerprint density at radius 3 is 1.95 bits per heavy atom. The molecular weight excluding hydrogens is 228 g/mol. The lowest BCUT2D eigenvalue weighted by Crippen LogP contribution is -1.89. The zero-order chi connectivity index (χ0) is 13.7. The lowest BCUT2D eigenvalue weighted by Gasteiger charge is -2.04. The molecule has 0 aliphatic rings. The SMILES string of the molecule is Cc1cc(C)c(C#CC#Cc2ccccc2)c(C)c1. The number of rotatable bonds is 0. The van der Waals surface area contributed by atoms with E-state index >= 15 is 0 Å². The molecule has 2 aromatic carbocycles. The van der Waals surface area contributed by atoms with E-state index in [1.807, 2.05) is 30.3 Å². The van der Waals surface area contributed by atoms with Crippen LogP contribution in [0.15, 0.2) is 42.5 Å². The van der Waals surface area contributed by atoms with Crippen LogP contribution in [0.25, 0.3) is 0 Å². The second-order valence-electron chi connectivity index (χ2n) is 4.64. The third-order valence-corrected chi connectivity index (χ3v) is 2.91. The van der Waals surface area contributed by atoms with Crippen molar-refractivity contribution in [2.24, 2.45) is 0 Å². The molecule has 0 saturated carbocycles. The molecule has 0 amide bonds. The first-order valence-corrected chi connectivity index (χ1v) is 6.32. The predicted molar refractivity (Wildman–Crippen MR) is 80.9 cm³/mol. The highest BCUT2D eigenvalue weighted by atomic mass is 14.0. The summed E-state index contributed by atoms with van der Waals surface area (Å²) in [7, 11) is 0. The lowest BCUT2D eigenvalue weighted by molar-refractivity contribution is 1.30. The maximum absolute atomic E-state index is 3.16. The molecule has 0 atom stereocenters. The van der Waals surface area contributed by atoms with Gasteiger partial charge < -0.3 is 0 Å². The van der Waals surface area contributed by atoms with Crippen molar-refractivity contribution in [3.05, 3.63) is 70.3 Å². The summed E-state index contributed by atoms with van der Waals surface area (Å²) in [5.74, 6) is 12.0. The third-order valence-electron chi connectivity index (χ3n) is 2.91. The van der Waals surface area contributed by atoms with E-state index in [4.69, 9.17) is 0 Å². The van der Waals surface area contributed by atoms with Crippen molar-refractivity contribution in [2.75, 3.05) is 0 Å². The molecule has 2 aromatic rings. The van der Waals surface area contributed by atoms with Crippen LogP contribution in [0, 0.1) is 44.5 Å². The molecule has 0 saturated heterocycles. The Balaban J connectivity index is 2.25. The van der Waals surface area contributed by atoms with Crippen molar-refractivity contribution in [1.29, 1.82) is 0 Å². The lowest BCUT2D eigenvalue weighted by atomic mass is 10.0. The normalized spacial score (nSPS) is 9.00. The van der Waals surface area contributed by atoms with Gasteiger partial charge in [0.2, 0.25) is 0 Å². The maximum atomic E-state index is 3.16. The fourth-order valence-electron chi connectivity index (χ4n) is 2.10. The largest absolute Gasteiger partial charge is 0.0622 e. The Morgan fingerprint density at radius 1 is 0.737 bits per heavy atom. The van der Waals surface area contributed by atoms with E-state index in [1.165, 1.54) is 16.7 Å². The van der Waals surface area contributed by atoms with E-state index in [0.29, 0.717) is 0 Å². The molecule has 0 bridgehead atoms.